The highest BCUT2D eigenvalue weighted by molar-refractivity contribution is 5.52. The monoisotopic (exact) mass is 272 g/mol. The van der Waals surface area contributed by atoms with Gasteiger partial charge in [0, 0.05) is 5.41 Å². The van der Waals surface area contributed by atoms with E-state index in [1.54, 1.807) is 7.11 Å². The Kier molecular flexibility index (Phi) is 3.79. The van der Waals surface area contributed by atoms with Gasteiger partial charge in [-0.05, 0) is 63.5 Å². The lowest BCUT2D eigenvalue weighted by molar-refractivity contribution is 0.0867. The van der Waals surface area contributed by atoms with E-state index in [9.17, 15) is 5.11 Å². The molecule has 1 aliphatic rings. The maximum Gasteiger partial charge on any atom is 0.118 e. The van der Waals surface area contributed by atoms with Crippen LogP contribution in [0.5, 0.6) is 5.75 Å². The number of methoxy groups -OCH3 is 1. The van der Waals surface area contributed by atoms with Crippen LogP contribution in [-0.4, -0.2) is 12.2 Å². The van der Waals surface area contributed by atoms with Crippen molar-refractivity contribution in [3.63, 3.8) is 0 Å². The van der Waals surface area contributed by atoms with Gasteiger partial charge in [-0.15, -0.1) is 0 Å². The zero-order valence-corrected chi connectivity index (χ0v) is 13.2. The smallest absolute Gasteiger partial charge is 0.118 e. The van der Waals surface area contributed by atoms with Crippen LogP contribution >= 0.6 is 0 Å². The van der Waals surface area contributed by atoms with Crippen LogP contribution < -0.4 is 4.74 Å². The van der Waals surface area contributed by atoms with Crippen molar-refractivity contribution in [1.82, 2.24) is 0 Å². The van der Waals surface area contributed by atoms with E-state index in [1.807, 2.05) is 24.3 Å². The van der Waals surface area contributed by atoms with Crippen molar-refractivity contribution in [2.24, 2.45) is 5.41 Å². The molecule has 0 radical (unpaired) electrons. The molecular formula is C18H24O2. The Morgan fingerprint density at radius 2 is 1.40 bits per heavy atom. The van der Waals surface area contributed by atoms with E-state index in [0.29, 0.717) is 0 Å². The molecule has 0 aliphatic heterocycles. The van der Waals surface area contributed by atoms with E-state index in [-0.39, 0.29) is 5.41 Å². The van der Waals surface area contributed by atoms with Crippen molar-refractivity contribution >= 4 is 0 Å². The van der Waals surface area contributed by atoms with Crippen LogP contribution in [-0.2, 0) is 0 Å². The minimum absolute atomic E-state index is 0.317. The molecule has 1 aromatic rings. The molecule has 1 aliphatic carbocycles. The van der Waals surface area contributed by atoms with Crippen molar-refractivity contribution < 1.29 is 9.84 Å². The average Bonchev–Trinajstić information content (AvgIpc) is 2.63. The van der Waals surface area contributed by atoms with Gasteiger partial charge in [0.15, 0.2) is 0 Å². The molecule has 2 nitrogen and oxygen atoms in total. The standard InChI is InChI=1S/C18H24O2/c1-11-12(2)14(4)18(5,13(11)3)17(19)15-7-9-16(20-6)10-8-15/h7-10,17,19H,1-6H3. The van der Waals surface area contributed by atoms with Crippen LogP contribution in [0.3, 0.4) is 0 Å². The fourth-order valence-electron chi connectivity index (χ4n) is 3.15. The fourth-order valence-corrected chi connectivity index (χ4v) is 3.15. The Morgan fingerprint density at radius 1 is 0.950 bits per heavy atom. The summed E-state index contributed by atoms with van der Waals surface area (Å²) in [4.78, 5) is 0. The summed E-state index contributed by atoms with van der Waals surface area (Å²) in [5.74, 6) is 0.810. The molecule has 1 atom stereocenters. The number of rotatable bonds is 3. The second-order valence-electron chi connectivity index (χ2n) is 5.88. The number of hydrogen-bond donors (Lipinski definition) is 1. The maximum absolute atomic E-state index is 10.9. The number of ether oxygens (including phenoxy) is 1. The lowest BCUT2D eigenvalue weighted by Crippen LogP contribution is -2.26. The average molecular weight is 272 g/mol. The molecule has 1 N–H and O–H groups in total. The molecule has 0 spiro atoms. The minimum Gasteiger partial charge on any atom is -0.497 e. The molecular weight excluding hydrogens is 248 g/mol. The van der Waals surface area contributed by atoms with Crippen molar-refractivity contribution in [3.8, 4) is 5.75 Å². The van der Waals surface area contributed by atoms with Crippen LogP contribution in [0.25, 0.3) is 0 Å². The first-order valence-electron chi connectivity index (χ1n) is 7.02. The summed E-state index contributed by atoms with van der Waals surface area (Å²) in [5.41, 5.74) is 5.74. The lowest BCUT2D eigenvalue weighted by Gasteiger charge is -2.35. The molecule has 2 heteroatoms. The molecule has 1 unspecified atom stereocenters. The van der Waals surface area contributed by atoms with Crippen LogP contribution in [0.1, 0.15) is 46.3 Å². The van der Waals surface area contributed by atoms with Gasteiger partial charge in [0.2, 0.25) is 0 Å². The van der Waals surface area contributed by atoms with Gasteiger partial charge >= 0.3 is 0 Å². The van der Waals surface area contributed by atoms with Gasteiger partial charge in [0.05, 0.1) is 13.2 Å². The van der Waals surface area contributed by atoms with Crippen LogP contribution in [0.4, 0.5) is 0 Å². The van der Waals surface area contributed by atoms with Crippen LogP contribution in [0, 0.1) is 5.41 Å². The normalized spacial score (nSPS) is 19.6. The van der Waals surface area contributed by atoms with Gasteiger partial charge < -0.3 is 9.84 Å². The number of aliphatic hydroxyl groups excluding tert-OH is 1. The van der Waals surface area contributed by atoms with Gasteiger partial charge in [0.25, 0.3) is 0 Å². The van der Waals surface area contributed by atoms with Crippen molar-refractivity contribution in [2.75, 3.05) is 7.11 Å². The molecule has 0 fully saturated rings. The summed E-state index contributed by atoms with van der Waals surface area (Å²) in [6.07, 6.45) is -0.541. The predicted molar refractivity (Wildman–Crippen MR) is 82.8 cm³/mol. The molecule has 0 aromatic heterocycles. The van der Waals surface area contributed by atoms with E-state index < -0.39 is 6.10 Å². The lowest BCUT2D eigenvalue weighted by atomic mass is 9.72. The van der Waals surface area contributed by atoms with E-state index in [2.05, 4.69) is 34.6 Å². The van der Waals surface area contributed by atoms with E-state index in [4.69, 9.17) is 4.74 Å². The number of hydrogen-bond acceptors (Lipinski definition) is 2. The van der Waals surface area contributed by atoms with Gasteiger partial charge in [-0.25, -0.2) is 0 Å². The van der Waals surface area contributed by atoms with Crippen LogP contribution in [0.15, 0.2) is 46.6 Å². The maximum atomic E-state index is 10.9. The number of aliphatic hydroxyl groups is 1. The van der Waals surface area contributed by atoms with Gasteiger partial charge in [-0.2, -0.15) is 0 Å². The third kappa shape index (κ3) is 1.99. The summed E-state index contributed by atoms with van der Waals surface area (Å²) >= 11 is 0. The molecule has 0 heterocycles. The quantitative estimate of drug-likeness (QED) is 0.882. The minimum atomic E-state index is -0.541. The second-order valence-corrected chi connectivity index (χ2v) is 5.88. The van der Waals surface area contributed by atoms with Crippen LogP contribution in [0.2, 0.25) is 0 Å². The SMILES string of the molecule is COc1ccc(C(O)C2(C)C(C)=C(C)C(C)=C2C)cc1. The Morgan fingerprint density at radius 3 is 1.80 bits per heavy atom. The fraction of sp³-hybridized carbons (Fsp3) is 0.444. The summed E-state index contributed by atoms with van der Waals surface area (Å²) in [7, 11) is 1.65. The van der Waals surface area contributed by atoms with Crippen molar-refractivity contribution in [3.05, 3.63) is 52.1 Å². The van der Waals surface area contributed by atoms with E-state index in [0.717, 1.165) is 11.3 Å². The third-order valence-corrected chi connectivity index (χ3v) is 5.22. The molecule has 0 bridgehead atoms. The first-order chi connectivity index (χ1) is 9.33. The molecule has 1 aromatic carbocycles. The Labute approximate surface area is 121 Å². The molecule has 0 saturated carbocycles. The van der Waals surface area contributed by atoms with Crippen molar-refractivity contribution in [2.45, 2.75) is 40.7 Å². The molecule has 20 heavy (non-hydrogen) atoms. The highest BCUT2D eigenvalue weighted by Gasteiger charge is 2.42. The third-order valence-electron chi connectivity index (χ3n) is 5.22. The van der Waals surface area contributed by atoms with Gasteiger partial charge in [-0.1, -0.05) is 23.3 Å². The zero-order valence-electron chi connectivity index (χ0n) is 13.2. The van der Waals surface area contributed by atoms with Gasteiger partial charge in [0.1, 0.15) is 5.75 Å². The summed E-state index contributed by atoms with van der Waals surface area (Å²) < 4.78 is 5.18. The van der Waals surface area contributed by atoms with E-state index in [1.165, 1.54) is 22.3 Å². The van der Waals surface area contributed by atoms with Crippen molar-refractivity contribution in [1.29, 1.82) is 0 Å². The first-order valence-corrected chi connectivity index (χ1v) is 7.02. The summed E-state index contributed by atoms with van der Waals surface area (Å²) in [6, 6.07) is 7.68. The molecule has 2 rings (SSSR count). The topological polar surface area (TPSA) is 29.5 Å². The van der Waals surface area contributed by atoms with E-state index >= 15 is 0 Å². The molecule has 108 valence electrons. The zero-order chi connectivity index (χ0) is 15.1. The highest BCUT2D eigenvalue weighted by Crippen LogP contribution is 2.53. The van der Waals surface area contributed by atoms with Gasteiger partial charge in [-0.3, -0.25) is 0 Å². The summed E-state index contributed by atoms with van der Waals surface area (Å²) in [6.45, 7) is 10.7. The first kappa shape index (κ1) is 14.9. The highest BCUT2D eigenvalue weighted by atomic mass is 16.5. The Bertz CT molecular complexity index is 552. The Hall–Kier alpha value is -1.54. The second kappa shape index (κ2) is 5.10. The Balaban J connectivity index is 2.44. The molecule has 0 saturated heterocycles. The largest absolute Gasteiger partial charge is 0.497 e. The predicted octanol–water partition coefficient (Wildman–Crippen LogP) is 4.42. The summed E-state index contributed by atoms with van der Waals surface area (Å²) in [5, 5.41) is 10.9. The number of allylic oxidation sites excluding steroid dienone is 2. The number of benzene rings is 1. The molecule has 0 amide bonds.